The van der Waals surface area contributed by atoms with Gasteiger partial charge in [0.25, 0.3) is 20.2 Å². The lowest BCUT2D eigenvalue weighted by Crippen LogP contribution is -2.04. The second-order valence-corrected chi connectivity index (χ2v) is 18.0. The van der Waals surface area contributed by atoms with Crippen LogP contribution in [-0.2, 0) is 30.4 Å². The molecule has 0 aromatic heterocycles. The van der Waals surface area contributed by atoms with Crippen LogP contribution in [0.3, 0.4) is 0 Å². The maximum absolute atomic E-state index is 12.4. The largest absolute Gasteiger partial charge is 0.744 e. The van der Waals surface area contributed by atoms with Gasteiger partial charge in [-0.1, -0.05) is 47.5 Å². The highest BCUT2D eigenvalue weighted by atomic mass is 35.5. The van der Waals surface area contributed by atoms with Crippen LogP contribution in [0.2, 0.25) is 10.0 Å². The number of fused-ring (bicyclic) bond motifs is 2. The normalized spacial score (nSPS) is 12.7. The van der Waals surface area contributed by atoms with Crippen molar-refractivity contribution in [1.29, 1.82) is 0 Å². The summed E-state index contributed by atoms with van der Waals surface area (Å²) in [4.78, 5) is -2.73. The van der Waals surface area contributed by atoms with Crippen molar-refractivity contribution < 1.29 is 49.1 Å². The fraction of sp³-hybridized carbons (Fsp3) is 0. The minimum atomic E-state index is -5.42. The summed E-state index contributed by atoms with van der Waals surface area (Å²) in [6.07, 6.45) is 0. The molecule has 0 aliphatic carbocycles. The van der Waals surface area contributed by atoms with Gasteiger partial charge in [0.05, 0.1) is 32.4 Å². The van der Waals surface area contributed by atoms with Gasteiger partial charge in [0.1, 0.15) is 42.7 Å². The molecule has 0 amide bonds. The van der Waals surface area contributed by atoms with Gasteiger partial charge in [-0.05, 0) is 101 Å². The second-order valence-electron chi connectivity index (χ2n) is 13.1. The molecular weight excluding hydrogens is 912 g/mol. The Bertz CT molecular complexity index is 3450. The van der Waals surface area contributed by atoms with Gasteiger partial charge < -0.3 is 26.2 Å². The smallest absolute Gasteiger partial charge is 0.296 e. The van der Waals surface area contributed by atoms with E-state index >= 15 is 0 Å². The molecular formula is C38H25Cl2N8O11S3-. The van der Waals surface area contributed by atoms with Gasteiger partial charge in [-0.2, -0.15) is 27.1 Å². The predicted molar refractivity (Wildman–Crippen MR) is 229 cm³/mol. The van der Waals surface area contributed by atoms with E-state index in [-0.39, 0.29) is 37.9 Å². The molecule has 0 radical (unpaired) electrons. The SMILES string of the molecule is Nc1ccc2c(O)c(N=Nc3ccc(-c4ccc(N=Nc5c(S(=O)(=O)[O-])cc6cc(S(=O)(=O)O)c(N=Nc7cc(Cl)ccc7Cl)c(N)c6c5O)cc4)cc3)c(S(=O)(=O)O)cc2c1. The standard InChI is InChI=1S/C38H26Cl2N8O11S3/c39-22-5-12-27(40)28(17-22)45-46-34-29(60(51,52)53)15-21-16-31(62(57,58)59)36(38(50)32(21)33(34)42)48-44-25-9-3-19(4-10-25)18-1-7-24(8-2-18)43-47-35-30(61(54,55)56)14-20-13-23(41)6-11-26(20)37(35)49/h1-17,49-50H,41-42H2,(H,51,52,53)(H,54,55,56)(H,57,58,59)/p-1. The Balaban J connectivity index is 1.20. The summed E-state index contributed by atoms with van der Waals surface area (Å²) in [5.41, 5.74) is 11.3. The van der Waals surface area contributed by atoms with Crippen LogP contribution in [-0.4, -0.2) is 49.1 Å². The van der Waals surface area contributed by atoms with Crippen molar-refractivity contribution in [1.82, 2.24) is 0 Å². The molecule has 0 bridgehead atoms. The molecule has 316 valence electrons. The monoisotopic (exact) mass is 935 g/mol. The molecule has 7 aromatic rings. The van der Waals surface area contributed by atoms with E-state index in [4.69, 9.17) is 34.7 Å². The minimum Gasteiger partial charge on any atom is -0.744 e. The molecule has 0 heterocycles. The zero-order chi connectivity index (χ0) is 44.9. The van der Waals surface area contributed by atoms with E-state index in [0.29, 0.717) is 22.9 Å². The molecule has 0 spiro atoms. The van der Waals surface area contributed by atoms with Crippen LogP contribution in [0.1, 0.15) is 0 Å². The predicted octanol–water partition coefficient (Wildman–Crippen LogP) is 10.2. The van der Waals surface area contributed by atoms with Gasteiger partial charge in [-0.15, -0.1) is 20.5 Å². The number of anilines is 2. The lowest BCUT2D eigenvalue weighted by Gasteiger charge is -2.16. The van der Waals surface area contributed by atoms with Crippen molar-refractivity contribution in [2.75, 3.05) is 11.5 Å². The van der Waals surface area contributed by atoms with Gasteiger partial charge in [0.15, 0.2) is 11.5 Å². The Morgan fingerprint density at radius 1 is 0.532 bits per heavy atom. The van der Waals surface area contributed by atoms with Crippen LogP contribution in [0, 0.1) is 0 Å². The van der Waals surface area contributed by atoms with Gasteiger partial charge in [0.2, 0.25) is 0 Å². The molecule has 0 saturated heterocycles. The molecule has 0 fully saturated rings. The van der Waals surface area contributed by atoms with Crippen molar-refractivity contribution in [3.63, 3.8) is 0 Å². The molecule has 19 nitrogen and oxygen atoms in total. The Hall–Kier alpha value is -6.63. The summed E-state index contributed by atoms with van der Waals surface area (Å²) in [6, 6.07) is 23.6. The van der Waals surface area contributed by atoms with Gasteiger partial charge in [0, 0.05) is 16.1 Å². The first kappa shape index (κ1) is 43.5. The fourth-order valence-corrected chi connectivity index (χ4v) is 8.38. The number of azo groups is 3. The maximum Gasteiger partial charge on any atom is 0.296 e. The van der Waals surface area contributed by atoms with Crippen LogP contribution in [0.5, 0.6) is 11.5 Å². The number of benzene rings is 7. The third-order valence-corrected chi connectivity index (χ3v) is 12.1. The number of hydrogen-bond acceptors (Lipinski definition) is 17. The van der Waals surface area contributed by atoms with Gasteiger partial charge in [-0.25, -0.2) is 8.42 Å². The topological polar surface area (TPSA) is 333 Å². The highest BCUT2D eigenvalue weighted by Crippen LogP contribution is 2.49. The minimum absolute atomic E-state index is 0.0260. The van der Waals surface area contributed by atoms with E-state index in [2.05, 4.69) is 30.7 Å². The molecule has 0 aliphatic heterocycles. The number of aromatic hydroxyl groups is 2. The first-order chi connectivity index (χ1) is 29.1. The molecule has 62 heavy (non-hydrogen) atoms. The summed E-state index contributed by atoms with van der Waals surface area (Å²) in [5.74, 6) is -1.54. The molecule has 0 saturated carbocycles. The van der Waals surface area contributed by atoms with Crippen LogP contribution in [0.15, 0.2) is 149 Å². The number of rotatable bonds is 10. The Morgan fingerprint density at radius 3 is 1.58 bits per heavy atom. The van der Waals surface area contributed by atoms with E-state index in [1.165, 1.54) is 60.7 Å². The first-order valence-corrected chi connectivity index (χ1v) is 22.1. The maximum atomic E-state index is 12.4. The number of halogens is 2. The van der Waals surface area contributed by atoms with Crippen LogP contribution >= 0.6 is 23.2 Å². The number of phenols is 2. The zero-order valence-corrected chi connectivity index (χ0v) is 34.7. The van der Waals surface area contributed by atoms with Gasteiger partial charge >= 0.3 is 0 Å². The number of phenolic OH excluding ortho intramolecular Hbond substituents is 2. The quantitative estimate of drug-likeness (QED) is 0.0423. The number of nitrogen functional groups attached to an aromatic ring is 2. The molecule has 24 heteroatoms. The average molecular weight is 937 g/mol. The molecule has 7 aromatic carbocycles. The molecule has 8 N–H and O–H groups in total. The lowest BCUT2D eigenvalue weighted by molar-refractivity contribution is 0.458. The van der Waals surface area contributed by atoms with E-state index in [1.54, 1.807) is 24.3 Å². The average Bonchev–Trinajstić information content (AvgIpc) is 3.19. The number of nitrogens with zero attached hydrogens (tertiary/aromatic N) is 6. The van der Waals surface area contributed by atoms with Crippen LogP contribution < -0.4 is 11.5 Å². The summed E-state index contributed by atoms with van der Waals surface area (Å²) < 4.78 is 106. The number of hydrogen-bond donors (Lipinski definition) is 6. The van der Waals surface area contributed by atoms with Crippen molar-refractivity contribution in [3.8, 4) is 22.6 Å². The Morgan fingerprint density at radius 2 is 1.03 bits per heavy atom. The first-order valence-electron chi connectivity index (χ1n) is 17.1. The van der Waals surface area contributed by atoms with Gasteiger partial charge in [-0.3, -0.25) is 9.11 Å². The lowest BCUT2D eigenvalue weighted by atomic mass is 10.0. The molecule has 0 atom stereocenters. The highest BCUT2D eigenvalue weighted by Gasteiger charge is 2.27. The third kappa shape index (κ3) is 8.88. The summed E-state index contributed by atoms with van der Waals surface area (Å²) in [5, 5.41) is 45.5. The van der Waals surface area contributed by atoms with Crippen LogP contribution in [0.25, 0.3) is 32.7 Å². The Labute approximate surface area is 360 Å². The highest BCUT2D eigenvalue weighted by molar-refractivity contribution is 7.86. The molecule has 7 rings (SSSR count). The zero-order valence-electron chi connectivity index (χ0n) is 30.8. The third-order valence-electron chi connectivity index (χ3n) is 8.98. The second kappa shape index (κ2) is 16.3. The van der Waals surface area contributed by atoms with Crippen LogP contribution in [0.4, 0.5) is 45.5 Å². The Kier molecular flexibility index (Phi) is 11.4. The summed E-state index contributed by atoms with van der Waals surface area (Å²) in [6.45, 7) is 0. The van der Waals surface area contributed by atoms with E-state index in [0.717, 1.165) is 12.1 Å². The number of nitrogens with two attached hydrogens (primary N) is 2. The summed E-state index contributed by atoms with van der Waals surface area (Å²) >= 11 is 12.1. The summed E-state index contributed by atoms with van der Waals surface area (Å²) in [7, 11) is -15.4. The van der Waals surface area contributed by atoms with E-state index in [9.17, 15) is 49.1 Å². The fourth-order valence-electron chi connectivity index (χ4n) is 6.08. The molecule has 0 aliphatic rings. The van der Waals surface area contributed by atoms with Crippen molar-refractivity contribution in [2.45, 2.75) is 14.7 Å². The van der Waals surface area contributed by atoms with E-state index in [1.807, 2.05) is 0 Å². The van der Waals surface area contributed by atoms with E-state index < -0.39 is 90.1 Å². The van der Waals surface area contributed by atoms with Crippen molar-refractivity contribution in [2.24, 2.45) is 30.7 Å². The van der Waals surface area contributed by atoms with Crippen molar-refractivity contribution in [3.05, 3.63) is 113 Å². The molecule has 0 unspecified atom stereocenters. The van der Waals surface area contributed by atoms with Crippen molar-refractivity contribution >= 4 is 121 Å².